The van der Waals surface area contributed by atoms with Crippen LogP contribution in [0.5, 0.6) is 0 Å². The summed E-state index contributed by atoms with van der Waals surface area (Å²) in [5.41, 5.74) is 5.72. The maximum Gasteiger partial charge on any atom is 0.255 e. The molecule has 1 aromatic heterocycles. The Hall–Kier alpha value is -1.10. The Morgan fingerprint density at radius 1 is 1.53 bits per heavy atom. The number of hydrogen-bond acceptors (Lipinski definition) is 3. The lowest BCUT2D eigenvalue weighted by Crippen LogP contribution is -2.40. The number of nitrogens with one attached hydrogen (secondary N) is 1. The Balaban J connectivity index is 2.96. The molecule has 0 aromatic carbocycles. The lowest BCUT2D eigenvalue weighted by Gasteiger charge is -2.20. The molecule has 0 aliphatic carbocycles. The van der Waals surface area contributed by atoms with Crippen LogP contribution in [0.15, 0.2) is 16.7 Å². The van der Waals surface area contributed by atoms with E-state index < -0.39 is 0 Å². The summed E-state index contributed by atoms with van der Waals surface area (Å²) in [7, 11) is 0. The van der Waals surface area contributed by atoms with Crippen molar-refractivity contribution in [2.45, 2.75) is 26.3 Å². The predicted molar refractivity (Wildman–Crippen MR) is 63.6 cm³/mol. The first-order valence-electron chi connectivity index (χ1n) is 4.53. The van der Waals surface area contributed by atoms with Crippen molar-refractivity contribution in [3.8, 4) is 0 Å². The van der Waals surface area contributed by atoms with Crippen LogP contribution in [0.1, 0.15) is 31.1 Å². The first-order chi connectivity index (χ1) is 6.79. The molecule has 5 heteroatoms. The number of anilines is 1. The number of aromatic nitrogens is 1. The van der Waals surface area contributed by atoms with Crippen LogP contribution >= 0.6 is 15.9 Å². The fourth-order valence-corrected chi connectivity index (χ4v) is 1.37. The number of pyridine rings is 1. The standard InChI is InChI=1S/C10H14BrN3O/c1-10(2,3)14-9(15)7-4-6(11)5-13-8(7)12/h4-5H,1-3H3,(H2,12,13)(H,14,15). The summed E-state index contributed by atoms with van der Waals surface area (Å²) < 4.78 is 0.732. The van der Waals surface area contributed by atoms with E-state index in [0.717, 1.165) is 4.47 Å². The fourth-order valence-electron chi connectivity index (χ4n) is 1.04. The van der Waals surface area contributed by atoms with Gasteiger partial charge in [-0.1, -0.05) is 0 Å². The van der Waals surface area contributed by atoms with Crippen LogP contribution < -0.4 is 11.1 Å². The van der Waals surface area contributed by atoms with Gasteiger partial charge in [-0.2, -0.15) is 0 Å². The molecule has 0 aliphatic rings. The predicted octanol–water partition coefficient (Wildman–Crippen LogP) is 1.95. The largest absolute Gasteiger partial charge is 0.383 e. The number of hydrogen-bond donors (Lipinski definition) is 2. The van der Waals surface area contributed by atoms with Crippen molar-refractivity contribution in [2.24, 2.45) is 0 Å². The molecule has 0 saturated heterocycles. The quantitative estimate of drug-likeness (QED) is 0.821. The van der Waals surface area contributed by atoms with Gasteiger partial charge >= 0.3 is 0 Å². The van der Waals surface area contributed by atoms with Crippen molar-refractivity contribution < 1.29 is 4.79 Å². The highest BCUT2D eigenvalue weighted by atomic mass is 79.9. The molecular formula is C10H14BrN3O. The summed E-state index contributed by atoms with van der Waals surface area (Å²) in [6, 6.07) is 1.66. The number of rotatable bonds is 1. The Bertz CT molecular complexity index is 385. The van der Waals surface area contributed by atoms with Crippen molar-refractivity contribution in [2.75, 3.05) is 5.73 Å². The third kappa shape index (κ3) is 3.51. The van der Waals surface area contributed by atoms with Crippen LogP contribution in [0.25, 0.3) is 0 Å². The zero-order valence-corrected chi connectivity index (χ0v) is 10.6. The number of nitrogens with zero attached hydrogens (tertiary/aromatic N) is 1. The zero-order chi connectivity index (χ0) is 11.6. The normalized spacial score (nSPS) is 11.2. The van der Waals surface area contributed by atoms with Gasteiger partial charge in [-0.05, 0) is 42.8 Å². The molecule has 0 spiro atoms. The van der Waals surface area contributed by atoms with E-state index in [9.17, 15) is 4.79 Å². The van der Waals surface area contributed by atoms with Crippen LogP contribution in [0.2, 0.25) is 0 Å². The van der Waals surface area contributed by atoms with Crippen molar-refractivity contribution in [1.29, 1.82) is 0 Å². The molecule has 1 amide bonds. The molecule has 15 heavy (non-hydrogen) atoms. The number of carbonyl (C=O) groups excluding carboxylic acids is 1. The molecular weight excluding hydrogens is 258 g/mol. The van der Waals surface area contributed by atoms with E-state index in [4.69, 9.17) is 5.73 Å². The summed E-state index contributed by atoms with van der Waals surface area (Å²) in [4.78, 5) is 15.7. The van der Waals surface area contributed by atoms with Crippen molar-refractivity contribution >= 4 is 27.7 Å². The minimum atomic E-state index is -0.286. The highest BCUT2D eigenvalue weighted by molar-refractivity contribution is 9.10. The third-order valence-corrected chi connectivity index (χ3v) is 2.05. The number of halogens is 1. The minimum Gasteiger partial charge on any atom is -0.383 e. The number of nitrogens with two attached hydrogens (primary N) is 1. The van der Waals surface area contributed by atoms with Gasteiger partial charge in [-0.3, -0.25) is 4.79 Å². The summed E-state index contributed by atoms with van der Waals surface area (Å²) in [5, 5.41) is 2.82. The van der Waals surface area contributed by atoms with Crippen LogP contribution in [0, 0.1) is 0 Å². The molecule has 4 nitrogen and oxygen atoms in total. The first-order valence-corrected chi connectivity index (χ1v) is 5.32. The van der Waals surface area contributed by atoms with Crippen molar-refractivity contribution in [1.82, 2.24) is 10.3 Å². The van der Waals surface area contributed by atoms with Gasteiger partial charge in [0.15, 0.2) is 0 Å². The van der Waals surface area contributed by atoms with E-state index in [-0.39, 0.29) is 17.3 Å². The van der Waals surface area contributed by atoms with Gasteiger partial charge in [0.05, 0.1) is 5.56 Å². The van der Waals surface area contributed by atoms with Gasteiger partial charge in [0.25, 0.3) is 5.91 Å². The summed E-state index contributed by atoms with van der Waals surface area (Å²) >= 11 is 3.25. The van der Waals surface area contributed by atoms with Gasteiger partial charge < -0.3 is 11.1 Å². The molecule has 0 fully saturated rings. The van der Waals surface area contributed by atoms with E-state index in [1.807, 2.05) is 20.8 Å². The van der Waals surface area contributed by atoms with Gasteiger partial charge in [0, 0.05) is 16.2 Å². The highest BCUT2D eigenvalue weighted by Gasteiger charge is 2.17. The topological polar surface area (TPSA) is 68.0 Å². The second-order valence-corrected chi connectivity index (χ2v) is 5.21. The van der Waals surface area contributed by atoms with Gasteiger partial charge in [-0.25, -0.2) is 4.98 Å². The van der Waals surface area contributed by atoms with Gasteiger partial charge in [0.1, 0.15) is 5.82 Å². The summed E-state index contributed by atoms with van der Waals surface area (Å²) in [5.74, 6) is 0.0220. The van der Waals surface area contributed by atoms with Gasteiger partial charge in [0.2, 0.25) is 0 Å². The molecule has 0 aliphatic heterocycles. The molecule has 0 bridgehead atoms. The average Bonchev–Trinajstić information content (AvgIpc) is 2.06. The maximum absolute atomic E-state index is 11.8. The lowest BCUT2D eigenvalue weighted by molar-refractivity contribution is 0.0920. The molecule has 3 N–H and O–H groups in total. The van der Waals surface area contributed by atoms with Crippen LogP contribution in [0.3, 0.4) is 0 Å². The molecule has 1 aromatic rings. The van der Waals surface area contributed by atoms with E-state index in [1.54, 1.807) is 12.3 Å². The number of carbonyl (C=O) groups is 1. The second-order valence-electron chi connectivity index (χ2n) is 4.29. The molecule has 0 atom stereocenters. The van der Waals surface area contributed by atoms with E-state index in [2.05, 4.69) is 26.2 Å². The minimum absolute atomic E-state index is 0.214. The smallest absolute Gasteiger partial charge is 0.255 e. The molecule has 1 heterocycles. The van der Waals surface area contributed by atoms with Crippen LogP contribution in [-0.4, -0.2) is 16.4 Å². The highest BCUT2D eigenvalue weighted by Crippen LogP contribution is 2.16. The average molecular weight is 272 g/mol. The second kappa shape index (κ2) is 4.18. The monoisotopic (exact) mass is 271 g/mol. The molecule has 1 rings (SSSR count). The molecule has 0 saturated carbocycles. The fraction of sp³-hybridized carbons (Fsp3) is 0.400. The maximum atomic E-state index is 11.8. The Morgan fingerprint density at radius 3 is 2.67 bits per heavy atom. The molecule has 0 radical (unpaired) electrons. The Kier molecular flexibility index (Phi) is 3.34. The van der Waals surface area contributed by atoms with Gasteiger partial charge in [-0.15, -0.1) is 0 Å². The van der Waals surface area contributed by atoms with E-state index in [0.29, 0.717) is 5.56 Å². The van der Waals surface area contributed by atoms with Crippen molar-refractivity contribution in [3.05, 3.63) is 22.3 Å². The summed E-state index contributed by atoms with van der Waals surface area (Å²) in [6.07, 6.45) is 1.56. The van der Waals surface area contributed by atoms with Crippen molar-refractivity contribution in [3.63, 3.8) is 0 Å². The third-order valence-electron chi connectivity index (χ3n) is 1.62. The first kappa shape index (κ1) is 12.0. The van der Waals surface area contributed by atoms with Crippen LogP contribution in [-0.2, 0) is 0 Å². The van der Waals surface area contributed by atoms with E-state index in [1.165, 1.54) is 0 Å². The molecule has 82 valence electrons. The SMILES string of the molecule is CC(C)(C)NC(=O)c1cc(Br)cnc1N. The Morgan fingerprint density at radius 2 is 2.13 bits per heavy atom. The summed E-state index contributed by atoms with van der Waals surface area (Å²) in [6.45, 7) is 5.73. The van der Waals surface area contributed by atoms with E-state index >= 15 is 0 Å². The number of nitrogen functional groups attached to an aromatic ring is 1. The lowest BCUT2D eigenvalue weighted by atomic mass is 10.1. The molecule has 0 unspecified atom stereocenters. The Labute approximate surface area is 97.4 Å². The zero-order valence-electron chi connectivity index (χ0n) is 8.97. The van der Waals surface area contributed by atoms with Crippen LogP contribution in [0.4, 0.5) is 5.82 Å². The number of amides is 1.